The molecule has 0 bridgehead atoms. The van der Waals surface area contributed by atoms with Crippen LogP contribution in [0.1, 0.15) is 17.3 Å². The van der Waals surface area contributed by atoms with Crippen molar-refractivity contribution in [2.45, 2.75) is 11.8 Å². The minimum absolute atomic E-state index is 0.296. The Morgan fingerprint density at radius 3 is 2.38 bits per heavy atom. The van der Waals surface area contributed by atoms with Gasteiger partial charge >= 0.3 is 5.97 Å². The highest BCUT2D eigenvalue weighted by molar-refractivity contribution is 7.99. The van der Waals surface area contributed by atoms with Crippen LogP contribution in [0.25, 0.3) is 0 Å². The minimum Gasteiger partial charge on any atom is -0.478 e. The van der Waals surface area contributed by atoms with Crippen molar-refractivity contribution < 1.29 is 14.7 Å². The van der Waals surface area contributed by atoms with Gasteiger partial charge in [0.25, 0.3) is 0 Å². The number of rotatable bonds is 5. The van der Waals surface area contributed by atoms with Crippen molar-refractivity contribution in [2.75, 3.05) is 5.75 Å². The molecule has 16 heavy (non-hydrogen) atoms. The normalized spacial score (nSPS) is 10.6. The van der Waals surface area contributed by atoms with Crippen molar-refractivity contribution in [2.24, 2.45) is 0 Å². The quantitative estimate of drug-likeness (QED) is 0.485. The Balaban J connectivity index is 2.74. The average Bonchev–Trinajstić information content (AvgIpc) is 2.27. The highest BCUT2D eigenvalue weighted by atomic mass is 32.2. The van der Waals surface area contributed by atoms with E-state index in [0.717, 1.165) is 22.8 Å². The molecule has 1 rings (SSSR count). The molecule has 0 aliphatic rings. The third-order valence-electron chi connectivity index (χ3n) is 1.83. The molecule has 0 amide bonds. The number of ketones is 1. The third-order valence-corrected chi connectivity index (χ3v) is 2.72. The number of carboxylic acids is 1. The molecular weight excluding hydrogens is 224 g/mol. The minimum atomic E-state index is -1.12. The zero-order chi connectivity index (χ0) is 12.0. The van der Waals surface area contributed by atoms with Gasteiger partial charge < -0.3 is 5.11 Å². The highest BCUT2D eigenvalue weighted by Crippen LogP contribution is 2.17. The maximum Gasteiger partial charge on any atom is 0.328 e. The van der Waals surface area contributed by atoms with Crippen molar-refractivity contribution in [3.63, 3.8) is 0 Å². The lowest BCUT2D eigenvalue weighted by Crippen LogP contribution is -1.96. The smallest absolute Gasteiger partial charge is 0.328 e. The average molecular weight is 236 g/mol. The van der Waals surface area contributed by atoms with Gasteiger partial charge in [0.1, 0.15) is 0 Å². The van der Waals surface area contributed by atoms with Gasteiger partial charge in [-0.05, 0) is 36.1 Å². The Morgan fingerprint density at radius 1 is 1.25 bits per heavy atom. The molecule has 0 saturated heterocycles. The Kier molecular flexibility index (Phi) is 4.79. The first-order valence-electron chi connectivity index (χ1n) is 4.81. The molecule has 0 spiro atoms. The van der Waals surface area contributed by atoms with Gasteiger partial charge in [-0.1, -0.05) is 6.92 Å². The molecule has 0 saturated carbocycles. The van der Waals surface area contributed by atoms with E-state index in [4.69, 9.17) is 5.11 Å². The Hall–Kier alpha value is -1.55. The first-order chi connectivity index (χ1) is 7.63. The van der Waals surface area contributed by atoms with Gasteiger partial charge in [0.05, 0.1) is 0 Å². The van der Waals surface area contributed by atoms with E-state index < -0.39 is 5.97 Å². The van der Waals surface area contributed by atoms with Crippen molar-refractivity contribution >= 4 is 23.5 Å². The number of carbonyl (C=O) groups is 2. The lowest BCUT2D eigenvalue weighted by atomic mass is 10.1. The maximum absolute atomic E-state index is 11.5. The summed E-state index contributed by atoms with van der Waals surface area (Å²) in [4.78, 5) is 22.8. The molecule has 0 fully saturated rings. The number of aliphatic carboxylic acids is 1. The predicted molar refractivity (Wildman–Crippen MR) is 63.9 cm³/mol. The number of hydrogen-bond acceptors (Lipinski definition) is 3. The molecule has 0 aromatic heterocycles. The molecule has 0 aliphatic carbocycles. The fourth-order valence-corrected chi connectivity index (χ4v) is 1.79. The summed E-state index contributed by atoms with van der Waals surface area (Å²) < 4.78 is 0. The van der Waals surface area contributed by atoms with Crippen LogP contribution in [-0.4, -0.2) is 22.6 Å². The van der Waals surface area contributed by atoms with Crippen LogP contribution in [0.2, 0.25) is 0 Å². The van der Waals surface area contributed by atoms with Crippen LogP contribution in [0, 0.1) is 0 Å². The monoisotopic (exact) mass is 236 g/mol. The predicted octanol–water partition coefficient (Wildman–Crippen LogP) is 2.62. The maximum atomic E-state index is 11.5. The lowest BCUT2D eigenvalue weighted by Gasteiger charge is -1.99. The van der Waals surface area contributed by atoms with Gasteiger partial charge in [-0.15, -0.1) is 11.8 Å². The van der Waals surface area contributed by atoms with Crippen LogP contribution in [0.3, 0.4) is 0 Å². The topological polar surface area (TPSA) is 54.4 Å². The number of thioether (sulfide) groups is 1. The molecule has 0 unspecified atom stereocenters. The number of allylic oxidation sites excluding steroid dienone is 1. The van der Waals surface area contributed by atoms with Crippen molar-refractivity contribution in [3.05, 3.63) is 42.0 Å². The summed E-state index contributed by atoms with van der Waals surface area (Å²) in [7, 11) is 0. The summed E-state index contributed by atoms with van der Waals surface area (Å²) in [5.74, 6) is -0.436. The highest BCUT2D eigenvalue weighted by Gasteiger charge is 2.02. The van der Waals surface area contributed by atoms with Crippen molar-refractivity contribution in [1.82, 2.24) is 0 Å². The Morgan fingerprint density at radius 2 is 1.88 bits per heavy atom. The number of carbonyl (C=O) groups excluding carboxylic acids is 1. The Labute approximate surface area is 98.2 Å². The molecule has 1 aromatic carbocycles. The van der Waals surface area contributed by atoms with E-state index >= 15 is 0 Å². The molecule has 0 heterocycles. The first kappa shape index (κ1) is 12.5. The molecule has 4 heteroatoms. The van der Waals surface area contributed by atoms with Crippen LogP contribution >= 0.6 is 11.8 Å². The standard InChI is InChI=1S/C12H12O3S/c1-2-16-10-5-3-9(4-6-10)11(13)7-8-12(14)15/h3-8H,2H2,1H3,(H,14,15)/b8-7+. The van der Waals surface area contributed by atoms with E-state index in [1.807, 2.05) is 12.1 Å². The zero-order valence-electron chi connectivity index (χ0n) is 8.84. The van der Waals surface area contributed by atoms with Gasteiger partial charge in [0, 0.05) is 16.5 Å². The number of carboxylic acid groups (broad SMARTS) is 1. The number of benzene rings is 1. The lowest BCUT2D eigenvalue weighted by molar-refractivity contribution is -0.131. The molecule has 0 atom stereocenters. The van der Waals surface area contributed by atoms with Gasteiger partial charge in [0.15, 0.2) is 5.78 Å². The summed E-state index contributed by atoms with van der Waals surface area (Å²) >= 11 is 1.69. The van der Waals surface area contributed by atoms with E-state index in [0.29, 0.717) is 5.56 Å². The summed E-state index contributed by atoms with van der Waals surface area (Å²) in [6, 6.07) is 7.12. The molecule has 1 N–H and O–H groups in total. The van der Waals surface area contributed by atoms with Gasteiger partial charge in [-0.25, -0.2) is 4.79 Å². The second-order valence-electron chi connectivity index (χ2n) is 2.99. The molecule has 1 aromatic rings. The van der Waals surface area contributed by atoms with E-state index in [1.54, 1.807) is 23.9 Å². The van der Waals surface area contributed by atoms with Crippen LogP contribution in [0.5, 0.6) is 0 Å². The summed E-state index contributed by atoms with van der Waals surface area (Å²) in [5.41, 5.74) is 0.498. The largest absolute Gasteiger partial charge is 0.478 e. The molecule has 84 valence electrons. The second kappa shape index (κ2) is 6.12. The van der Waals surface area contributed by atoms with E-state index in [2.05, 4.69) is 6.92 Å². The van der Waals surface area contributed by atoms with E-state index in [-0.39, 0.29) is 5.78 Å². The third kappa shape index (κ3) is 3.90. The molecule has 0 radical (unpaired) electrons. The first-order valence-corrected chi connectivity index (χ1v) is 5.80. The molecule has 3 nitrogen and oxygen atoms in total. The fraction of sp³-hybridized carbons (Fsp3) is 0.167. The van der Waals surface area contributed by atoms with Gasteiger partial charge in [-0.3, -0.25) is 4.79 Å². The van der Waals surface area contributed by atoms with Crippen molar-refractivity contribution in [3.8, 4) is 0 Å². The summed E-state index contributed by atoms with van der Waals surface area (Å²) in [6.07, 6.45) is 1.90. The summed E-state index contributed by atoms with van der Waals surface area (Å²) in [5, 5.41) is 8.38. The van der Waals surface area contributed by atoms with Gasteiger partial charge in [0.2, 0.25) is 0 Å². The zero-order valence-corrected chi connectivity index (χ0v) is 9.66. The fourth-order valence-electron chi connectivity index (χ4n) is 1.13. The van der Waals surface area contributed by atoms with Gasteiger partial charge in [-0.2, -0.15) is 0 Å². The second-order valence-corrected chi connectivity index (χ2v) is 4.33. The molecular formula is C12H12O3S. The summed E-state index contributed by atoms with van der Waals surface area (Å²) in [6.45, 7) is 2.05. The van der Waals surface area contributed by atoms with Crippen LogP contribution < -0.4 is 0 Å². The molecule has 0 aliphatic heterocycles. The van der Waals surface area contributed by atoms with Crippen LogP contribution in [0.4, 0.5) is 0 Å². The van der Waals surface area contributed by atoms with Crippen LogP contribution in [-0.2, 0) is 4.79 Å². The SMILES string of the molecule is CCSc1ccc(C(=O)/C=C/C(=O)O)cc1. The Bertz CT molecular complexity index is 407. The van der Waals surface area contributed by atoms with Crippen LogP contribution in [0.15, 0.2) is 41.3 Å². The van der Waals surface area contributed by atoms with E-state index in [1.165, 1.54) is 0 Å². The van der Waals surface area contributed by atoms with E-state index in [9.17, 15) is 9.59 Å². The van der Waals surface area contributed by atoms with Crippen molar-refractivity contribution in [1.29, 1.82) is 0 Å². The number of hydrogen-bond donors (Lipinski definition) is 1.